The molecule has 2 heterocycles. The number of hydrogen-bond acceptors (Lipinski definition) is 5. The molecule has 24 heavy (non-hydrogen) atoms. The number of rotatable bonds is 6. The summed E-state index contributed by atoms with van der Waals surface area (Å²) < 4.78 is 26.3. The average Bonchev–Trinajstić information content (AvgIpc) is 3.06. The zero-order valence-corrected chi connectivity index (χ0v) is 15.2. The highest BCUT2D eigenvalue weighted by molar-refractivity contribution is 7.89. The molecule has 1 aromatic carbocycles. The SMILES string of the molecule is CCCS(=O)(=O)NCc1nc(N2CCCC2)c2cc(Cl)ccc2n1. The number of nitrogens with zero attached hydrogens (tertiary/aromatic N) is 3. The Hall–Kier alpha value is -1.44. The first-order chi connectivity index (χ1) is 11.5. The monoisotopic (exact) mass is 368 g/mol. The number of benzene rings is 1. The van der Waals surface area contributed by atoms with E-state index in [-0.39, 0.29) is 12.3 Å². The van der Waals surface area contributed by atoms with Gasteiger partial charge in [0.2, 0.25) is 10.0 Å². The first kappa shape index (κ1) is 17.4. The fraction of sp³-hybridized carbons (Fsp3) is 0.500. The number of halogens is 1. The normalized spacial score (nSPS) is 15.3. The molecule has 8 heteroatoms. The van der Waals surface area contributed by atoms with E-state index in [9.17, 15) is 8.42 Å². The molecule has 0 radical (unpaired) electrons. The van der Waals surface area contributed by atoms with Crippen LogP contribution in [0.1, 0.15) is 32.0 Å². The lowest BCUT2D eigenvalue weighted by Crippen LogP contribution is -2.27. The Balaban J connectivity index is 1.95. The van der Waals surface area contributed by atoms with E-state index >= 15 is 0 Å². The molecule has 1 aliphatic heterocycles. The van der Waals surface area contributed by atoms with Gasteiger partial charge in [-0.25, -0.2) is 23.1 Å². The predicted octanol–water partition coefficient (Wildman–Crippen LogP) is 2.71. The van der Waals surface area contributed by atoms with Crippen molar-refractivity contribution < 1.29 is 8.42 Å². The lowest BCUT2D eigenvalue weighted by molar-refractivity contribution is 0.578. The minimum Gasteiger partial charge on any atom is -0.356 e. The van der Waals surface area contributed by atoms with Gasteiger partial charge in [-0.3, -0.25) is 0 Å². The van der Waals surface area contributed by atoms with Crippen LogP contribution in [-0.2, 0) is 16.6 Å². The topological polar surface area (TPSA) is 75.2 Å². The first-order valence-corrected chi connectivity index (χ1v) is 10.2. The Morgan fingerprint density at radius 3 is 2.71 bits per heavy atom. The quantitative estimate of drug-likeness (QED) is 0.848. The Morgan fingerprint density at radius 2 is 2.00 bits per heavy atom. The fourth-order valence-electron chi connectivity index (χ4n) is 2.90. The third-order valence-electron chi connectivity index (χ3n) is 4.01. The molecule has 0 spiro atoms. The molecular weight excluding hydrogens is 348 g/mol. The van der Waals surface area contributed by atoms with Gasteiger partial charge in [-0.15, -0.1) is 0 Å². The van der Waals surface area contributed by atoms with Crippen molar-refractivity contribution in [2.75, 3.05) is 23.7 Å². The summed E-state index contributed by atoms with van der Waals surface area (Å²) in [6.07, 6.45) is 2.83. The highest BCUT2D eigenvalue weighted by Crippen LogP contribution is 2.29. The molecule has 3 rings (SSSR count). The maximum absolute atomic E-state index is 11.9. The van der Waals surface area contributed by atoms with Gasteiger partial charge in [0.25, 0.3) is 0 Å². The van der Waals surface area contributed by atoms with Gasteiger partial charge in [-0.2, -0.15) is 0 Å². The van der Waals surface area contributed by atoms with Gasteiger partial charge in [0.05, 0.1) is 17.8 Å². The largest absolute Gasteiger partial charge is 0.356 e. The first-order valence-electron chi connectivity index (χ1n) is 8.17. The maximum atomic E-state index is 11.9. The van der Waals surface area contributed by atoms with Crippen molar-refractivity contribution in [3.8, 4) is 0 Å². The molecule has 0 saturated carbocycles. The summed E-state index contributed by atoms with van der Waals surface area (Å²) >= 11 is 6.13. The number of anilines is 1. The van der Waals surface area contributed by atoms with Crippen molar-refractivity contribution in [2.45, 2.75) is 32.7 Å². The van der Waals surface area contributed by atoms with E-state index in [0.29, 0.717) is 17.3 Å². The van der Waals surface area contributed by atoms with E-state index in [1.54, 1.807) is 6.07 Å². The predicted molar refractivity (Wildman–Crippen MR) is 96.9 cm³/mol. The molecule has 1 aromatic heterocycles. The molecule has 0 aliphatic carbocycles. The van der Waals surface area contributed by atoms with Crippen LogP contribution in [0.15, 0.2) is 18.2 Å². The second kappa shape index (κ2) is 7.21. The molecule has 1 N–H and O–H groups in total. The average molecular weight is 369 g/mol. The van der Waals surface area contributed by atoms with Gasteiger partial charge in [0, 0.05) is 23.5 Å². The van der Waals surface area contributed by atoms with E-state index < -0.39 is 10.0 Å². The molecule has 2 aromatic rings. The molecule has 6 nitrogen and oxygen atoms in total. The Labute approximate surface area is 147 Å². The van der Waals surface area contributed by atoms with Crippen molar-refractivity contribution in [1.29, 1.82) is 0 Å². The summed E-state index contributed by atoms with van der Waals surface area (Å²) in [4.78, 5) is 11.3. The second-order valence-electron chi connectivity index (χ2n) is 5.96. The van der Waals surface area contributed by atoms with Gasteiger partial charge in [0.15, 0.2) is 0 Å². The summed E-state index contributed by atoms with van der Waals surface area (Å²) in [5.41, 5.74) is 0.779. The summed E-state index contributed by atoms with van der Waals surface area (Å²) in [6.45, 7) is 3.82. The molecule has 0 bridgehead atoms. The van der Waals surface area contributed by atoms with Crippen LogP contribution in [0.2, 0.25) is 5.02 Å². The van der Waals surface area contributed by atoms with Crippen molar-refractivity contribution in [1.82, 2.24) is 14.7 Å². The molecular formula is C16H21ClN4O2S. The van der Waals surface area contributed by atoms with Crippen LogP contribution in [0.5, 0.6) is 0 Å². The summed E-state index contributed by atoms with van der Waals surface area (Å²) in [5.74, 6) is 1.42. The molecule has 0 atom stereocenters. The van der Waals surface area contributed by atoms with Crippen molar-refractivity contribution in [3.63, 3.8) is 0 Å². The molecule has 1 fully saturated rings. The smallest absolute Gasteiger partial charge is 0.211 e. The van der Waals surface area contributed by atoms with Crippen LogP contribution in [0.25, 0.3) is 10.9 Å². The Bertz CT molecular complexity index is 835. The number of nitrogens with one attached hydrogen (secondary N) is 1. The molecule has 1 aliphatic rings. The van der Waals surface area contributed by atoms with E-state index in [1.807, 2.05) is 19.1 Å². The minimum absolute atomic E-state index is 0.0989. The van der Waals surface area contributed by atoms with Crippen molar-refractivity contribution in [2.24, 2.45) is 0 Å². The molecule has 1 saturated heterocycles. The third kappa shape index (κ3) is 3.96. The van der Waals surface area contributed by atoms with E-state index in [2.05, 4.69) is 19.6 Å². The summed E-state index contributed by atoms with van der Waals surface area (Å²) in [6, 6.07) is 5.51. The van der Waals surface area contributed by atoms with E-state index in [0.717, 1.165) is 42.7 Å². The second-order valence-corrected chi connectivity index (χ2v) is 8.32. The third-order valence-corrected chi connectivity index (χ3v) is 5.78. The van der Waals surface area contributed by atoms with Gasteiger partial charge in [-0.05, 0) is 37.5 Å². The van der Waals surface area contributed by atoms with Crippen LogP contribution >= 0.6 is 11.6 Å². The van der Waals surface area contributed by atoms with Gasteiger partial charge in [-0.1, -0.05) is 18.5 Å². The number of aromatic nitrogens is 2. The fourth-order valence-corrected chi connectivity index (χ4v) is 4.10. The van der Waals surface area contributed by atoms with Crippen LogP contribution < -0.4 is 9.62 Å². The van der Waals surface area contributed by atoms with Gasteiger partial charge in [0.1, 0.15) is 11.6 Å². The van der Waals surface area contributed by atoms with Gasteiger partial charge >= 0.3 is 0 Å². The Morgan fingerprint density at radius 1 is 1.25 bits per heavy atom. The highest BCUT2D eigenvalue weighted by Gasteiger charge is 2.19. The number of hydrogen-bond donors (Lipinski definition) is 1. The van der Waals surface area contributed by atoms with Crippen LogP contribution in [0, 0.1) is 0 Å². The summed E-state index contributed by atoms with van der Waals surface area (Å²) in [7, 11) is -3.29. The highest BCUT2D eigenvalue weighted by atomic mass is 35.5. The van der Waals surface area contributed by atoms with Gasteiger partial charge < -0.3 is 4.90 Å². The lowest BCUT2D eigenvalue weighted by Gasteiger charge is -2.19. The standard InChI is InChI=1S/C16H21ClN4O2S/c1-2-9-24(22,23)18-11-15-19-14-6-5-12(17)10-13(14)16(20-15)21-7-3-4-8-21/h5-6,10,18H,2-4,7-9,11H2,1H3. The van der Waals surface area contributed by atoms with Crippen molar-refractivity contribution >= 4 is 38.3 Å². The lowest BCUT2D eigenvalue weighted by atomic mass is 10.2. The number of fused-ring (bicyclic) bond motifs is 1. The van der Waals surface area contributed by atoms with Crippen LogP contribution in [0.3, 0.4) is 0 Å². The molecule has 0 amide bonds. The zero-order chi connectivity index (χ0) is 17.2. The number of sulfonamides is 1. The minimum atomic E-state index is -3.29. The van der Waals surface area contributed by atoms with Crippen molar-refractivity contribution in [3.05, 3.63) is 29.0 Å². The van der Waals surface area contributed by atoms with E-state index in [1.165, 1.54) is 0 Å². The maximum Gasteiger partial charge on any atom is 0.211 e. The Kier molecular flexibility index (Phi) is 5.22. The molecule has 0 unspecified atom stereocenters. The van der Waals surface area contributed by atoms with Crippen LogP contribution in [0.4, 0.5) is 5.82 Å². The summed E-state index contributed by atoms with van der Waals surface area (Å²) in [5, 5.41) is 1.55. The molecule has 130 valence electrons. The van der Waals surface area contributed by atoms with Crippen LogP contribution in [-0.4, -0.2) is 37.2 Å². The van der Waals surface area contributed by atoms with E-state index in [4.69, 9.17) is 11.6 Å². The zero-order valence-electron chi connectivity index (χ0n) is 13.6.